The van der Waals surface area contributed by atoms with Crippen LogP contribution in [0.3, 0.4) is 0 Å². The van der Waals surface area contributed by atoms with E-state index in [-0.39, 0.29) is 17.7 Å². The average molecular weight is 408 g/mol. The number of amides is 2. The van der Waals surface area contributed by atoms with Crippen LogP contribution < -0.4 is 25.4 Å². The zero-order chi connectivity index (χ0) is 20.9. The number of hydrogen-bond donors (Lipinski definition) is 2. The molecule has 0 aliphatic carbocycles. The zero-order valence-corrected chi connectivity index (χ0v) is 16.5. The van der Waals surface area contributed by atoms with E-state index in [4.69, 9.17) is 15.2 Å². The van der Waals surface area contributed by atoms with Gasteiger partial charge < -0.3 is 25.4 Å². The van der Waals surface area contributed by atoms with Gasteiger partial charge in [0.1, 0.15) is 19.0 Å². The van der Waals surface area contributed by atoms with E-state index in [0.717, 1.165) is 30.8 Å². The lowest BCUT2D eigenvalue weighted by Gasteiger charge is -2.32. The highest BCUT2D eigenvalue weighted by molar-refractivity contribution is 6.01. The molecule has 1 aromatic heterocycles. The van der Waals surface area contributed by atoms with Crippen LogP contribution in [0.15, 0.2) is 42.6 Å². The maximum absolute atomic E-state index is 12.2. The minimum absolute atomic E-state index is 0.148. The highest BCUT2D eigenvalue weighted by Gasteiger charge is 2.24. The van der Waals surface area contributed by atoms with Crippen LogP contribution in [-0.4, -0.2) is 43.1 Å². The Morgan fingerprint density at radius 3 is 2.77 bits per heavy atom. The Morgan fingerprint density at radius 1 is 1.17 bits per heavy atom. The number of fused-ring (bicyclic) bond motifs is 1. The number of aromatic nitrogens is 1. The number of anilines is 2. The van der Waals surface area contributed by atoms with Crippen molar-refractivity contribution in [3.05, 3.63) is 48.2 Å². The van der Waals surface area contributed by atoms with E-state index in [1.54, 1.807) is 18.3 Å². The van der Waals surface area contributed by atoms with Crippen LogP contribution in [0.1, 0.15) is 18.4 Å². The van der Waals surface area contributed by atoms with Gasteiger partial charge in [-0.15, -0.1) is 0 Å². The van der Waals surface area contributed by atoms with Crippen LogP contribution in [0.5, 0.6) is 11.5 Å². The van der Waals surface area contributed by atoms with E-state index >= 15 is 0 Å². The smallest absolute Gasteiger partial charge is 0.248 e. The van der Waals surface area contributed by atoms with Gasteiger partial charge in [-0.3, -0.25) is 9.59 Å². The molecule has 30 heavy (non-hydrogen) atoms. The Kier molecular flexibility index (Phi) is 5.83. The summed E-state index contributed by atoms with van der Waals surface area (Å²) in [5, 5.41) is 2.79. The van der Waals surface area contributed by atoms with Gasteiger partial charge in [0.05, 0.1) is 17.8 Å². The quantitative estimate of drug-likeness (QED) is 0.735. The van der Waals surface area contributed by atoms with Crippen LogP contribution in [0.2, 0.25) is 0 Å². The molecule has 2 aliphatic heterocycles. The normalized spacial score (nSPS) is 18.3. The lowest BCUT2D eigenvalue weighted by molar-refractivity contribution is -0.122. The predicted molar refractivity (Wildman–Crippen MR) is 113 cm³/mol. The molecule has 1 saturated heterocycles. The lowest BCUT2D eigenvalue weighted by Crippen LogP contribution is -2.41. The molecule has 8 nitrogen and oxygen atoms in total. The minimum atomic E-state index is -0.270. The summed E-state index contributed by atoms with van der Waals surface area (Å²) in [6, 6.07) is 9.17. The Labute approximate surface area is 174 Å². The number of nitrogens with zero attached hydrogens (tertiary/aromatic N) is 2. The molecule has 4 rings (SSSR count). The first-order valence-electron chi connectivity index (χ1n) is 9.97. The summed E-state index contributed by atoms with van der Waals surface area (Å²) in [4.78, 5) is 30.2. The molecule has 0 saturated carbocycles. The van der Waals surface area contributed by atoms with Gasteiger partial charge in [0.2, 0.25) is 11.8 Å². The molecule has 8 heteroatoms. The number of hydrogen-bond acceptors (Lipinski definition) is 6. The number of benzene rings is 1. The molecule has 1 unspecified atom stereocenters. The molecule has 1 fully saturated rings. The summed E-state index contributed by atoms with van der Waals surface area (Å²) in [7, 11) is 0. The Bertz CT molecular complexity index is 958. The van der Waals surface area contributed by atoms with Gasteiger partial charge in [0.25, 0.3) is 0 Å². The summed E-state index contributed by atoms with van der Waals surface area (Å²) < 4.78 is 11.0. The van der Waals surface area contributed by atoms with Crippen molar-refractivity contribution in [3.8, 4) is 11.5 Å². The molecule has 3 heterocycles. The number of pyridine rings is 1. The fraction of sp³-hybridized carbons (Fsp3) is 0.318. The van der Waals surface area contributed by atoms with E-state index in [2.05, 4.69) is 10.3 Å². The first kappa shape index (κ1) is 19.8. The summed E-state index contributed by atoms with van der Waals surface area (Å²) in [5.74, 6) is 1.49. The number of nitrogens with two attached hydrogens (primary N) is 1. The number of nitrogens with one attached hydrogen (secondary N) is 1. The van der Waals surface area contributed by atoms with E-state index in [0.29, 0.717) is 36.9 Å². The second kappa shape index (κ2) is 8.86. The van der Waals surface area contributed by atoms with E-state index in [1.165, 1.54) is 6.08 Å². The molecule has 0 spiro atoms. The van der Waals surface area contributed by atoms with E-state index in [9.17, 15) is 9.59 Å². The number of carbonyl (C=O) groups is 2. The fourth-order valence-electron chi connectivity index (χ4n) is 3.58. The van der Waals surface area contributed by atoms with Crippen LogP contribution in [0, 0.1) is 5.92 Å². The third-order valence-corrected chi connectivity index (χ3v) is 5.16. The maximum Gasteiger partial charge on any atom is 0.248 e. The number of carbonyl (C=O) groups excluding carboxylic acids is 2. The highest BCUT2D eigenvalue weighted by Crippen LogP contribution is 2.31. The standard InChI is InChI=1S/C22H24N4O4/c23-22(28)16-2-1-9-26(14-16)20-7-5-17(13-24-20)25-21(27)8-4-15-3-6-18-19(12-15)30-11-10-29-18/h3-8,12-13,16H,1-2,9-11,14H2,(H2,23,28)(H,25,27)/b8-4+. The number of rotatable bonds is 5. The van der Waals surface area contributed by atoms with Crippen molar-refractivity contribution in [2.75, 3.05) is 36.5 Å². The van der Waals surface area contributed by atoms with Gasteiger partial charge in [-0.05, 0) is 48.7 Å². The van der Waals surface area contributed by atoms with Gasteiger partial charge >= 0.3 is 0 Å². The van der Waals surface area contributed by atoms with Gasteiger partial charge in [-0.25, -0.2) is 4.98 Å². The van der Waals surface area contributed by atoms with Crippen molar-refractivity contribution in [1.82, 2.24) is 4.98 Å². The summed E-state index contributed by atoms with van der Waals surface area (Å²) >= 11 is 0. The van der Waals surface area contributed by atoms with Crippen molar-refractivity contribution in [2.24, 2.45) is 11.7 Å². The Balaban J connectivity index is 1.34. The van der Waals surface area contributed by atoms with Crippen molar-refractivity contribution >= 4 is 29.4 Å². The largest absolute Gasteiger partial charge is 0.486 e. The Hall–Kier alpha value is -3.55. The topological polar surface area (TPSA) is 107 Å². The van der Waals surface area contributed by atoms with E-state index in [1.807, 2.05) is 29.2 Å². The van der Waals surface area contributed by atoms with E-state index < -0.39 is 0 Å². The van der Waals surface area contributed by atoms with Crippen LogP contribution in [0.25, 0.3) is 6.08 Å². The predicted octanol–water partition coefficient (Wildman–Crippen LogP) is 2.21. The molecule has 3 N–H and O–H groups in total. The molecule has 2 amide bonds. The molecule has 0 radical (unpaired) electrons. The van der Waals surface area contributed by atoms with Crippen molar-refractivity contribution < 1.29 is 19.1 Å². The molecule has 2 aliphatic rings. The SMILES string of the molecule is NC(=O)C1CCCN(c2ccc(NC(=O)/C=C/c3ccc4c(c3)OCCO4)cn2)C1. The lowest BCUT2D eigenvalue weighted by atomic mass is 9.97. The van der Waals surface area contributed by atoms with Gasteiger partial charge in [0, 0.05) is 19.2 Å². The first-order valence-corrected chi connectivity index (χ1v) is 9.97. The van der Waals surface area contributed by atoms with Crippen molar-refractivity contribution in [3.63, 3.8) is 0 Å². The molecule has 1 aromatic carbocycles. The maximum atomic E-state index is 12.2. The summed E-state index contributed by atoms with van der Waals surface area (Å²) in [5.41, 5.74) is 6.88. The van der Waals surface area contributed by atoms with Crippen molar-refractivity contribution in [2.45, 2.75) is 12.8 Å². The first-order chi connectivity index (χ1) is 14.6. The molecular weight excluding hydrogens is 384 g/mol. The highest BCUT2D eigenvalue weighted by atomic mass is 16.6. The van der Waals surface area contributed by atoms with Gasteiger partial charge in [-0.2, -0.15) is 0 Å². The number of ether oxygens (including phenoxy) is 2. The third-order valence-electron chi connectivity index (χ3n) is 5.16. The average Bonchev–Trinajstić information content (AvgIpc) is 2.78. The second-order valence-corrected chi connectivity index (χ2v) is 7.32. The van der Waals surface area contributed by atoms with Crippen LogP contribution in [-0.2, 0) is 9.59 Å². The molecule has 0 bridgehead atoms. The van der Waals surface area contributed by atoms with Gasteiger partial charge in [-0.1, -0.05) is 6.07 Å². The third kappa shape index (κ3) is 4.71. The fourth-order valence-corrected chi connectivity index (χ4v) is 3.58. The second-order valence-electron chi connectivity index (χ2n) is 7.32. The van der Waals surface area contributed by atoms with Crippen molar-refractivity contribution in [1.29, 1.82) is 0 Å². The molecule has 1 atom stereocenters. The molecule has 156 valence electrons. The zero-order valence-electron chi connectivity index (χ0n) is 16.5. The number of primary amides is 1. The molecular formula is C22H24N4O4. The molecule has 2 aromatic rings. The van der Waals surface area contributed by atoms with Crippen LogP contribution >= 0.6 is 0 Å². The number of piperidine rings is 1. The minimum Gasteiger partial charge on any atom is -0.486 e. The van der Waals surface area contributed by atoms with Crippen LogP contribution in [0.4, 0.5) is 11.5 Å². The van der Waals surface area contributed by atoms with Gasteiger partial charge in [0.15, 0.2) is 11.5 Å². The summed E-state index contributed by atoms with van der Waals surface area (Å²) in [6.45, 7) is 2.47. The monoisotopic (exact) mass is 408 g/mol. The summed E-state index contributed by atoms with van der Waals surface area (Å²) in [6.07, 6.45) is 6.50. The Morgan fingerprint density at radius 2 is 2.00 bits per heavy atom.